The summed E-state index contributed by atoms with van der Waals surface area (Å²) in [6, 6.07) is 12.2. The molecular weight excluding hydrogens is 424 g/mol. The summed E-state index contributed by atoms with van der Waals surface area (Å²) in [7, 11) is 0. The van der Waals surface area contributed by atoms with Crippen molar-refractivity contribution in [2.24, 2.45) is 0 Å². The number of nitrogens with one attached hydrogen (secondary N) is 3. The highest BCUT2D eigenvalue weighted by molar-refractivity contribution is 6.00. The zero-order valence-corrected chi connectivity index (χ0v) is 18.6. The highest BCUT2D eigenvalue weighted by Gasteiger charge is 2.15. The van der Waals surface area contributed by atoms with Gasteiger partial charge in [0.05, 0.1) is 28.8 Å². The van der Waals surface area contributed by atoms with E-state index in [0.717, 1.165) is 68.7 Å². The molecule has 0 aromatic carbocycles. The van der Waals surface area contributed by atoms with Gasteiger partial charge in [0.15, 0.2) is 5.65 Å². The molecule has 0 aliphatic carbocycles. The number of nitrogens with zero attached hydrogens (tertiary/aromatic N) is 5. The molecule has 0 bridgehead atoms. The maximum Gasteiger partial charge on any atom is 0.181 e. The largest absolute Gasteiger partial charge is 0.352 e. The van der Waals surface area contributed by atoms with Crippen LogP contribution in [0.2, 0.25) is 0 Å². The van der Waals surface area contributed by atoms with Crippen molar-refractivity contribution in [1.29, 1.82) is 0 Å². The van der Waals surface area contributed by atoms with Gasteiger partial charge >= 0.3 is 0 Å². The van der Waals surface area contributed by atoms with Crippen molar-refractivity contribution >= 4 is 21.9 Å². The predicted octanol–water partition coefficient (Wildman–Crippen LogP) is 4.73. The van der Waals surface area contributed by atoms with Crippen LogP contribution in [0.4, 0.5) is 0 Å². The van der Waals surface area contributed by atoms with Crippen molar-refractivity contribution < 1.29 is 0 Å². The normalized spacial score (nSPS) is 11.4. The second-order valence-corrected chi connectivity index (χ2v) is 8.10. The lowest BCUT2D eigenvalue weighted by molar-refractivity contribution is 0.724. The zero-order chi connectivity index (χ0) is 22.9. The van der Waals surface area contributed by atoms with Gasteiger partial charge in [-0.15, -0.1) is 0 Å². The van der Waals surface area contributed by atoms with Crippen LogP contribution in [0.15, 0.2) is 73.6 Å². The Morgan fingerprint density at radius 2 is 1.79 bits per heavy atom. The molecule has 8 heteroatoms. The quantitative estimate of drug-likeness (QED) is 0.341. The summed E-state index contributed by atoms with van der Waals surface area (Å²) in [5.74, 6) is 0. The lowest BCUT2D eigenvalue weighted by atomic mass is 10.1. The van der Waals surface area contributed by atoms with E-state index in [-0.39, 0.29) is 0 Å². The van der Waals surface area contributed by atoms with Crippen molar-refractivity contribution in [3.63, 3.8) is 0 Å². The Morgan fingerprint density at radius 1 is 0.882 bits per heavy atom. The van der Waals surface area contributed by atoms with E-state index in [1.54, 1.807) is 6.20 Å². The predicted molar refractivity (Wildman–Crippen MR) is 133 cm³/mol. The summed E-state index contributed by atoms with van der Waals surface area (Å²) in [6.07, 6.45) is 11.1. The van der Waals surface area contributed by atoms with Gasteiger partial charge in [-0.2, -0.15) is 5.10 Å². The number of hydrogen-bond donors (Lipinski definition) is 3. The third-order valence-corrected chi connectivity index (χ3v) is 5.87. The molecule has 0 atom stereocenters. The Hall–Kier alpha value is -4.43. The number of rotatable bonds is 6. The smallest absolute Gasteiger partial charge is 0.181 e. The van der Waals surface area contributed by atoms with Gasteiger partial charge in [-0.1, -0.05) is 13.0 Å². The highest BCUT2D eigenvalue weighted by Crippen LogP contribution is 2.33. The molecule has 0 radical (unpaired) electrons. The number of aromatic amines is 2. The van der Waals surface area contributed by atoms with Gasteiger partial charge < -0.3 is 10.3 Å². The van der Waals surface area contributed by atoms with Crippen LogP contribution in [-0.2, 0) is 6.54 Å². The zero-order valence-electron chi connectivity index (χ0n) is 18.6. The molecule has 0 aliphatic rings. The second-order valence-electron chi connectivity index (χ2n) is 8.10. The number of fused-ring (bicyclic) bond motifs is 2. The summed E-state index contributed by atoms with van der Waals surface area (Å²) in [5.41, 5.74) is 8.41. The topological polar surface area (TPSA) is 108 Å². The molecule has 166 valence electrons. The first-order chi connectivity index (χ1) is 16.8. The van der Waals surface area contributed by atoms with Crippen molar-refractivity contribution in [2.45, 2.75) is 13.5 Å². The SMILES string of the molecule is CCNCc1cncc(-c2cnc3n[nH]c(-c4cc5c(-c6ccccn6)cncc5[nH]4)c3c2)c1. The first-order valence-corrected chi connectivity index (χ1v) is 11.2. The summed E-state index contributed by atoms with van der Waals surface area (Å²) < 4.78 is 0. The monoisotopic (exact) mass is 446 g/mol. The first kappa shape index (κ1) is 20.2. The number of H-pyrrole nitrogens is 2. The Bertz CT molecular complexity index is 1600. The van der Waals surface area contributed by atoms with E-state index in [1.165, 1.54) is 0 Å². The molecule has 8 nitrogen and oxygen atoms in total. The van der Waals surface area contributed by atoms with E-state index in [0.29, 0.717) is 5.65 Å². The van der Waals surface area contributed by atoms with Crippen LogP contribution in [0.3, 0.4) is 0 Å². The van der Waals surface area contributed by atoms with Crippen LogP contribution in [0.1, 0.15) is 12.5 Å². The van der Waals surface area contributed by atoms with Crippen molar-refractivity contribution in [2.75, 3.05) is 6.54 Å². The summed E-state index contributed by atoms with van der Waals surface area (Å²) in [5, 5.41) is 12.9. The molecule has 0 amide bonds. The van der Waals surface area contributed by atoms with E-state index >= 15 is 0 Å². The Morgan fingerprint density at radius 3 is 2.68 bits per heavy atom. The van der Waals surface area contributed by atoms with E-state index < -0.39 is 0 Å². The second kappa shape index (κ2) is 8.49. The van der Waals surface area contributed by atoms with Crippen molar-refractivity contribution in [3.05, 3.63) is 79.1 Å². The molecule has 6 aromatic rings. The van der Waals surface area contributed by atoms with Gasteiger partial charge in [0, 0.05) is 65.0 Å². The van der Waals surface area contributed by atoms with Crippen molar-refractivity contribution in [3.8, 4) is 33.8 Å². The molecule has 0 aliphatic heterocycles. The number of aromatic nitrogens is 7. The van der Waals surface area contributed by atoms with Gasteiger partial charge in [-0.25, -0.2) is 4.98 Å². The summed E-state index contributed by atoms with van der Waals surface area (Å²) in [4.78, 5) is 21.4. The van der Waals surface area contributed by atoms with Gasteiger partial charge in [0.25, 0.3) is 0 Å². The van der Waals surface area contributed by atoms with Crippen LogP contribution >= 0.6 is 0 Å². The summed E-state index contributed by atoms with van der Waals surface area (Å²) in [6.45, 7) is 3.79. The fourth-order valence-corrected chi connectivity index (χ4v) is 4.19. The minimum Gasteiger partial charge on any atom is -0.352 e. The van der Waals surface area contributed by atoms with Gasteiger partial charge in [0.1, 0.15) is 0 Å². The van der Waals surface area contributed by atoms with Gasteiger partial charge in [0.2, 0.25) is 0 Å². The maximum absolute atomic E-state index is 4.59. The molecule has 0 saturated carbocycles. The van der Waals surface area contributed by atoms with E-state index in [4.69, 9.17) is 0 Å². The maximum atomic E-state index is 4.59. The fourth-order valence-electron chi connectivity index (χ4n) is 4.19. The number of hydrogen-bond acceptors (Lipinski definition) is 6. The minimum absolute atomic E-state index is 0.664. The Labute approximate surface area is 195 Å². The molecule has 6 aromatic heterocycles. The molecule has 0 spiro atoms. The Balaban J connectivity index is 1.44. The van der Waals surface area contributed by atoms with Crippen molar-refractivity contribution in [1.82, 2.24) is 40.4 Å². The molecule has 0 fully saturated rings. The summed E-state index contributed by atoms with van der Waals surface area (Å²) >= 11 is 0. The fraction of sp³-hybridized carbons (Fsp3) is 0.115. The molecule has 0 saturated heterocycles. The third kappa shape index (κ3) is 3.60. The van der Waals surface area contributed by atoms with Gasteiger partial charge in [-0.3, -0.25) is 20.1 Å². The third-order valence-electron chi connectivity index (χ3n) is 5.87. The lowest BCUT2D eigenvalue weighted by Crippen LogP contribution is -2.11. The highest BCUT2D eigenvalue weighted by atomic mass is 15.2. The molecule has 34 heavy (non-hydrogen) atoms. The van der Waals surface area contributed by atoms with Crippen LogP contribution in [0, 0.1) is 0 Å². The van der Waals surface area contributed by atoms with Crippen LogP contribution in [-0.4, -0.2) is 41.7 Å². The van der Waals surface area contributed by atoms with E-state index in [2.05, 4.69) is 65.6 Å². The van der Waals surface area contributed by atoms with Crippen LogP contribution in [0.25, 0.3) is 55.7 Å². The lowest BCUT2D eigenvalue weighted by Gasteiger charge is -2.05. The molecule has 0 unspecified atom stereocenters. The molecular formula is C26H22N8. The average molecular weight is 447 g/mol. The van der Waals surface area contributed by atoms with Crippen LogP contribution in [0.5, 0.6) is 0 Å². The van der Waals surface area contributed by atoms with Crippen LogP contribution < -0.4 is 5.32 Å². The van der Waals surface area contributed by atoms with Gasteiger partial charge in [-0.05, 0) is 42.4 Å². The number of pyridine rings is 4. The molecule has 6 rings (SSSR count). The Kier molecular flexibility index (Phi) is 5.04. The van der Waals surface area contributed by atoms with E-state index in [1.807, 2.05) is 49.2 Å². The molecule has 6 heterocycles. The molecule has 3 N–H and O–H groups in total. The van der Waals surface area contributed by atoms with E-state index in [9.17, 15) is 0 Å². The minimum atomic E-state index is 0.664. The first-order valence-electron chi connectivity index (χ1n) is 11.2. The average Bonchev–Trinajstić information content (AvgIpc) is 3.51. The standard InChI is InChI=1S/C26H22N8/c1-2-27-10-16-7-17(12-28-11-16)18-8-20-25(33-34-26(20)31-13-18)23-9-19-21(14-29-15-24(19)32-23)22-5-3-4-6-30-22/h3-9,11-15,27,32H,2,10H2,1H3,(H,31,33,34).